The molecule has 0 radical (unpaired) electrons. The molecule has 1 unspecified atom stereocenters. The molecule has 0 bridgehead atoms. The highest BCUT2D eigenvalue weighted by Gasteiger charge is 2.33. The lowest BCUT2D eigenvalue weighted by molar-refractivity contribution is 0.148. The molecular formula is C16H24BrClS. The van der Waals surface area contributed by atoms with E-state index in [0.29, 0.717) is 11.3 Å². The fraction of sp³-hybridized carbons (Fsp3) is 0.750. The van der Waals surface area contributed by atoms with E-state index in [1.165, 1.54) is 39.9 Å². The highest BCUT2D eigenvalue weighted by molar-refractivity contribution is 9.10. The van der Waals surface area contributed by atoms with Crippen molar-refractivity contribution in [2.24, 2.45) is 17.3 Å². The van der Waals surface area contributed by atoms with Gasteiger partial charge in [-0.2, -0.15) is 0 Å². The van der Waals surface area contributed by atoms with Gasteiger partial charge < -0.3 is 0 Å². The van der Waals surface area contributed by atoms with Crippen LogP contribution in [0.3, 0.4) is 0 Å². The SMILES string of the molecule is Cc1cc(Br)c(C(Cl)C2CCC(C(C)(C)C)CC2)s1. The third kappa shape index (κ3) is 3.77. The second-order valence-corrected chi connectivity index (χ2v) is 9.56. The van der Waals surface area contributed by atoms with Gasteiger partial charge in [0, 0.05) is 14.2 Å². The molecule has 0 aromatic carbocycles. The maximum Gasteiger partial charge on any atom is 0.0718 e. The zero-order chi connectivity index (χ0) is 14.2. The molecule has 1 aliphatic rings. The van der Waals surface area contributed by atoms with Crippen LogP contribution in [0, 0.1) is 24.2 Å². The van der Waals surface area contributed by atoms with Gasteiger partial charge in [-0.15, -0.1) is 22.9 Å². The smallest absolute Gasteiger partial charge is 0.0718 e. The Hall–Kier alpha value is 0.470. The first-order chi connectivity index (χ1) is 8.79. The van der Waals surface area contributed by atoms with Crippen molar-refractivity contribution < 1.29 is 0 Å². The molecule has 0 saturated heterocycles. The second-order valence-electron chi connectivity index (χ2n) is 6.95. The fourth-order valence-electron chi connectivity index (χ4n) is 3.18. The average molecular weight is 364 g/mol. The number of thiophene rings is 1. The van der Waals surface area contributed by atoms with Gasteiger partial charge in [-0.05, 0) is 71.9 Å². The van der Waals surface area contributed by atoms with Crippen LogP contribution in [0.4, 0.5) is 0 Å². The molecular weight excluding hydrogens is 340 g/mol. The lowest BCUT2D eigenvalue weighted by atomic mass is 9.69. The van der Waals surface area contributed by atoms with E-state index in [4.69, 9.17) is 11.6 Å². The topological polar surface area (TPSA) is 0 Å². The van der Waals surface area contributed by atoms with Gasteiger partial charge in [-0.3, -0.25) is 0 Å². The Kier molecular flexibility index (Phi) is 5.07. The predicted molar refractivity (Wildman–Crippen MR) is 90.3 cm³/mol. The van der Waals surface area contributed by atoms with Gasteiger partial charge in [0.15, 0.2) is 0 Å². The summed E-state index contributed by atoms with van der Waals surface area (Å²) < 4.78 is 1.20. The van der Waals surface area contributed by atoms with Crippen LogP contribution in [-0.2, 0) is 0 Å². The van der Waals surface area contributed by atoms with E-state index in [1.807, 2.05) is 11.3 Å². The third-order valence-corrected chi connectivity index (χ3v) is 7.25. The molecule has 1 atom stereocenters. The Morgan fingerprint density at radius 2 is 1.84 bits per heavy atom. The summed E-state index contributed by atoms with van der Waals surface area (Å²) in [4.78, 5) is 2.68. The third-order valence-electron chi connectivity index (χ3n) is 4.50. The summed E-state index contributed by atoms with van der Waals surface area (Å²) in [5.74, 6) is 1.51. The highest BCUT2D eigenvalue weighted by Crippen LogP contribution is 2.48. The van der Waals surface area contributed by atoms with E-state index < -0.39 is 0 Å². The van der Waals surface area contributed by atoms with E-state index in [2.05, 4.69) is 49.7 Å². The van der Waals surface area contributed by atoms with Crippen molar-refractivity contribution in [3.05, 3.63) is 20.3 Å². The van der Waals surface area contributed by atoms with Crippen molar-refractivity contribution in [2.45, 2.75) is 58.8 Å². The zero-order valence-corrected chi connectivity index (χ0v) is 15.5. The zero-order valence-electron chi connectivity index (χ0n) is 12.3. The van der Waals surface area contributed by atoms with Crippen LogP contribution in [0.25, 0.3) is 0 Å². The predicted octanol–water partition coefficient (Wildman–Crippen LogP) is 6.95. The molecule has 1 fully saturated rings. The van der Waals surface area contributed by atoms with E-state index in [-0.39, 0.29) is 5.38 Å². The van der Waals surface area contributed by atoms with Crippen molar-refractivity contribution in [3.8, 4) is 0 Å². The van der Waals surface area contributed by atoms with Crippen LogP contribution in [0.2, 0.25) is 0 Å². The van der Waals surface area contributed by atoms with E-state index in [0.717, 1.165) is 5.92 Å². The quantitative estimate of drug-likeness (QED) is 0.498. The molecule has 1 saturated carbocycles. The van der Waals surface area contributed by atoms with Gasteiger partial charge in [0.2, 0.25) is 0 Å². The van der Waals surface area contributed by atoms with E-state index in [1.54, 1.807) is 0 Å². The first-order valence-corrected chi connectivity index (χ1v) is 9.23. The molecule has 0 spiro atoms. The summed E-state index contributed by atoms with van der Waals surface area (Å²) >= 11 is 12.2. The van der Waals surface area contributed by atoms with Gasteiger partial charge in [0.1, 0.15) is 0 Å². The average Bonchev–Trinajstić information content (AvgIpc) is 2.66. The van der Waals surface area contributed by atoms with Crippen molar-refractivity contribution >= 4 is 38.9 Å². The summed E-state index contributed by atoms with van der Waals surface area (Å²) in [7, 11) is 0. The van der Waals surface area contributed by atoms with Crippen molar-refractivity contribution in [1.82, 2.24) is 0 Å². The Morgan fingerprint density at radius 3 is 2.26 bits per heavy atom. The van der Waals surface area contributed by atoms with Crippen LogP contribution in [-0.4, -0.2) is 0 Å². The van der Waals surface area contributed by atoms with Crippen LogP contribution in [0.15, 0.2) is 10.5 Å². The molecule has 0 aliphatic heterocycles. The molecule has 0 nitrogen and oxygen atoms in total. The summed E-state index contributed by atoms with van der Waals surface area (Å²) in [6.45, 7) is 9.26. The standard InChI is InChI=1S/C16H24BrClS/c1-10-9-13(17)15(19-10)14(18)11-5-7-12(8-6-11)16(2,3)4/h9,11-12,14H,5-8H2,1-4H3. The van der Waals surface area contributed by atoms with E-state index in [9.17, 15) is 0 Å². The minimum atomic E-state index is 0.189. The Labute approximate surface area is 135 Å². The van der Waals surface area contributed by atoms with Gasteiger partial charge in [-0.1, -0.05) is 20.8 Å². The van der Waals surface area contributed by atoms with Crippen molar-refractivity contribution in [3.63, 3.8) is 0 Å². The monoisotopic (exact) mass is 362 g/mol. The summed E-state index contributed by atoms with van der Waals surface area (Å²) in [6, 6.07) is 2.19. The molecule has 0 amide bonds. The Bertz CT molecular complexity index is 424. The minimum Gasteiger partial charge on any atom is -0.143 e. The number of hydrogen-bond donors (Lipinski definition) is 0. The van der Waals surface area contributed by atoms with Crippen molar-refractivity contribution in [1.29, 1.82) is 0 Å². The van der Waals surface area contributed by atoms with Gasteiger partial charge in [-0.25, -0.2) is 0 Å². The van der Waals surface area contributed by atoms with Gasteiger partial charge >= 0.3 is 0 Å². The van der Waals surface area contributed by atoms with Crippen LogP contribution >= 0.6 is 38.9 Å². The molecule has 2 rings (SSSR count). The maximum atomic E-state index is 6.75. The molecule has 1 aliphatic carbocycles. The molecule has 1 aromatic rings. The Balaban J connectivity index is 2.00. The molecule has 3 heteroatoms. The lowest BCUT2D eigenvalue weighted by Crippen LogP contribution is -2.27. The first kappa shape index (κ1) is 15.9. The van der Waals surface area contributed by atoms with Crippen LogP contribution in [0.5, 0.6) is 0 Å². The van der Waals surface area contributed by atoms with Crippen molar-refractivity contribution in [2.75, 3.05) is 0 Å². The van der Waals surface area contributed by atoms with Crippen LogP contribution in [0.1, 0.15) is 61.6 Å². The molecule has 1 aromatic heterocycles. The van der Waals surface area contributed by atoms with Crippen LogP contribution < -0.4 is 0 Å². The molecule has 19 heavy (non-hydrogen) atoms. The molecule has 0 N–H and O–H groups in total. The summed E-state index contributed by atoms with van der Waals surface area (Å²) in [6.07, 6.45) is 5.22. The first-order valence-electron chi connectivity index (χ1n) is 7.19. The lowest BCUT2D eigenvalue weighted by Gasteiger charge is -2.38. The molecule has 1 heterocycles. The molecule has 108 valence electrons. The largest absolute Gasteiger partial charge is 0.143 e. The number of alkyl halides is 1. The summed E-state index contributed by atoms with van der Waals surface area (Å²) in [5.41, 5.74) is 0.451. The normalized spacial score (nSPS) is 26.4. The Morgan fingerprint density at radius 1 is 1.26 bits per heavy atom. The second kappa shape index (κ2) is 6.07. The highest BCUT2D eigenvalue weighted by atomic mass is 79.9. The number of halogens is 2. The fourth-order valence-corrected chi connectivity index (χ4v) is 5.79. The van der Waals surface area contributed by atoms with E-state index >= 15 is 0 Å². The number of rotatable bonds is 2. The van der Waals surface area contributed by atoms with Gasteiger partial charge in [0.25, 0.3) is 0 Å². The minimum absolute atomic E-state index is 0.189. The summed E-state index contributed by atoms with van der Waals surface area (Å²) in [5, 5.41) is 0.189. The number of hydrogen-bond acceptors (Lipinski definition) is 1. The number of aryl methyl sites for hydroxylation is 1. The van der Waals surface area contributed by atoms with Gasteiger partial charge in [0.05, 0.1) is 5.38 Å². The maximum absolute atomic E-state index is 6.75.